The number of hydrogen-bond donors (Lipinski definition) is 1. The van der Waals surface area contributed by atoms with E-state index in [1.807, 2.05) is 20.8 Å². The number of aromatic nitrogens is 4. The summed E-state index contributed by atoms with van der Waals surface area (Å²) in [6.45, 7) is 5.76. The standard InChI is InChI=1S/C11H15N5O2/c1-11(2,3)12-9(17)7-16-14-10(13-15-16)8-5-4-6-18-8/h4-6H,7H2,1-3H3,(H,12,17). The maximum atomic E-state index is 11.7. The highest BCUT2D eigenvalue weighted by molar-refractivity contribution is 5.76. The van der Waals surface area contributed by atoms with Crippen molar-refractivity contribution in [1.29, 1.82) is 0 Å². The number of amides is 1. The van der Waals surface area contributed by atoms with Gasteiger partial charge in [0, 0.05) is 5.54 Å². The van der Waals surface area contributed by atoms with Crippen molar-refractivity contribution in [3.8, 4) is 11.6 Å². The number of furan rings is 1. The molecule has 1 N–H and O–H groups in total. The Morgan fingerprint density at radius 2 is 2.28 bits per heavy atom. The Bertz CT molecular complexity index is 524. The first-order chi connectivity index (χ1) is 8.44. The van der Waals surface area contributed by atoms with E-state index in [0.29, 0.717) is 11.6 Å². The zero-order valence-electron chi connectivity index (χ0n) is 10.5. The van der Waals surface area contributed by atoms with Gasteiger partial charge < -0.3 is 9.73 Å². The van der Waals surface area contributed by atoms with Gasteiger partial charge in [-0.2, -0.15) is 4.80 Å². The first-order valence-electron chi connectivity index (χ1n) is 5.57. The van der Waals surface area contributed by atoms with Crippen LogP contribution in [0.1, 0.15) is 20.8 Å². The van der Waals surface area contributed by atoms with Gasteiger partial charge in [-0.05, 0) is 38.1 Å². The van der Waals surface area contributed by atoms with Crippen LogP contribution in [-0.4, -0.2) is 31.7 Å². The molecule has 96 valence electrons. The van der Waals surface area contributed by atoms with Crippen molar-refractivity contribution in [2.45, 2.75) is 32.9 Å². The second-order valence-corrected chi connectivity index (χ2v) is 4.92. The molecule has 0 aliphatic rings. The number of carbonyl (C=O) groups is 1. The lowest BCUT2D eigenvalue weighted by Crippen LogP contribution is -2.42. The Hall–Kier alpha value is -2.18. The van der Waals surface area contributed by atoms with Gasteiger partial charge in [0.25, 0.3) is 0 Å². The largest absolute Gasteiger partial charge is 0.461 e. The third-order valence-corrected chi connectivity index (χ3v) is 1.99. The van der Waals surface area contributed by atoms with Crippen LogP contribution in [0.5, 0.6) is 0 Å². The highest BCUT2D eigenvalue weighted by Gasteiger charge is 2.16. The molecule has 2 rings (SSSR count). The molecule has 0 fully saturated rings. The lowest BCUT2D eigenvalue weighted by Gasteiger charge is -2.19. The molecule has 1 amide bonds. The van der Waals surface area contributed by atoms with Crippen LogP contribution >= 0.6 is 0 Å². The molecule has 0 aliphatic carbocycles. The van der Waals surface area contributed by atoms with Crippen molar-refractivity contribution >= 4 is 5.91 Å². The Labute approximate surface area is 104 Å². The van der Waals surface area contributed by atoms with Crippen LogP contribution in [0.4, 0.5) is 0 Å². The Balaban J connectivity index is 2.01. The van der Waals surface area contributed by atoms with Crippen LogP contribution in [0.2, 0.25) is 0 Å². The van der Waals surface area contributed by atoms with Gasteiger partial charge in [0.1, 0.15) is 6.54 Å². The van der Waals surface area contributed by atoms with E-state index < -0.39 is 0 Å². The molecule has 0 saturated carbocycles. The molecule has 2 aromatic rings. The van der Waals surface area contributed by atoms with Crippen molar-refractivity contribution in [3.63, 3.8) is 0 Å². The number of tetrazole rings is 1. The number of rotatable bonds is 3. The molecular formula is C11H15N5O2. The van der Waals surface area contributed by atoms with Crippen molar-refractivity contribution in [1.82, 2.24) is 25.5 Å². The molecule has 0 radical (unpaired) electrons. The predicted octanol–water partition coefficient (Wildman–Crippen LogP) is 0.848. The van der Waals surface area contributed by atoms with Crippen molar-refractivity contribution in [2.24, 2.45) is 0 Å². The molecular weight excluding hydrogens is 234 g/mol. The summed E-state index contributed by atoms with van der Waals surface area (Å²) in [6, 6.07) is 3.47. The molecule has 0 saturated heterocycles. The van der Waals surface area contributed by atoms with Gasteiger partial charge in [-0.25, -0.2) is 0 Å². The van der Waals surface area contributed by atoms with Gasteiger partial charge in [0.2, 0.25) is 11.7 Å². The van der Waals surface area contributed by atoms with Gasteiger partial charge in [0.15, 0.2) is 5.76 Å². The average molecular weight is 249 g/mol. The zero-order chi connectivity index (χ0) is 13.2. The monoisotopic (exact) mass is 249 g/mol. The van der Waals surface area contributed by atoms with E-state index in [4.69, 9.17) is 4.42 Å². The minimum atomic E-state index is -0.276. The molecule has 0 atom stereocenters. The minimum Gasteiger partial charge on any atom is -0.461 e. The quantitative estimate of drug-likeness (QED) is 0.871. The summed E-state index contributed by atoms with van der Waals surface area (Å²) >= 11 is 0. The fraction of sp³-hybridized carbons (Fsp3) is 0.455. The molecule has 0 unspecified atom stereocenters. The van der Waals surface area contributed by atoms with Crippen LogP contribution in [0.3, 0.4) is 0 Å². The minimum absolute atomic E-state index is 0.0327. The van der Waals surface area contributed by atoms with E-state index in [1.54, 1.807) is 12.1 Å². The molecule has 18 heavy (non-hydrogen) atoms. The summed E-state index contributed by atoms with van der Waals surface area (Å²) < 4.78 is 5.14. The number of hydrogen-bond acceptors (Lipinski definition) is 5. The molecule has 0 aromatic carbocycles. The van der Waals surface area contributed by atoms with Gasteiger partial charge >= 0.3 is 0 Å². The lowest BCUT2D eigenvalue weighted by atomic mass is 10.1. The highest BCUT2D eigenvalue weighted by atomic mass is 16.3. The van der Waals surface area contributed by atoms with Crippen LogP contribution in [0, 0.1) is 0 Å². The van der Waals surface area contributed by atoms with Crippen LogP contribution in [-0.2, 0) is 11.3 Å². The first-order valence-corrected chi connectivity index (χ1v) is 5.57. The van der Waals surface area contributed by atoms with Crippen LogP contribution in [0.15, 0.2) is 22.8 Å². The van der Waals surface area contributed by atoms with E-state index in [0.717, 1.165) is 0 Å². The second kappa shape index (κ2) is 4.59. The molecule has 7 nitrogen and oxygen atoms in total. The van der Waals surface area contributed by atoms with Gasteiger partial charge in [-0.15, -0.1) is 10.2 Å². The smallest absolute Gasteiger partial charge is 0.244 e. The van der Waals surface area contributed by atoms with E-state index in [9.17, 15) is 4.79 Å². The van der Waals surface area contributed by atoms with E-state index in [1.165, 1.54) is 11.1 Å². The number of nitrogens with zero attached hydrogens (tertiary/aromatic N) is 4. The van der Waals surface area contributed by atoms with Gasteiger partial charge in [-0.1, -0.05) is 0 Å². The Morgan fingerprint density at radius 1 is 1.50 bits per heavy atom. The predicted molar refractivity (Wildman–Crippen MR) is 63.4 cm³/mol. The molecule has 7 heteroatoms. The van der Waals surface area contributed by atoms with Gasteiger partial charge in [0.05, 0.1) is 6.26 Å². The summed E-state index contributed by atoms with van der Waals surface area (Å²) in [6.07, 6.45) is 1.53. The zero-order valence-corrected chi connectivity index (χ0v) is 10.5. The molecule has 0 bridgehead atoms. The second-order valence-electron chi connectivity index (χ2n) is 4.92. The summed E-state index contributed by atoms with van der Waals surface area (Å²) in [7, 11) is 0. The molecule has 0 aliphatic heterocycles. The lowest BCUT2D eigenvalue weighted by molar-refractivity contribution is -0.123. The van der Waals surface area contributed by atoms with E-state index in [2.05, 4.69) is 20.7 Å². The molecule has 2 heterocycles. The van der Waals surface area contributed by atoms with Crippen molar-refractivity contribution in [2.75, 3.05) is 0 Å². The topological polar surface area (TPSA) is 85.8 Å². The maximum absolute atomic E-state index is 11.7. The molecule has 0 spiro atoms. The SMILES string of the molecule is CC(C)(C)NC(=O)Cn1nnc(-c2ccco2)n1. The Morgan fingerprint density at radius 3 is 2.89 bits per heavy atom. The third-order valence-electron chi connectivity index (χ3n) is 1.99. The molecule has 2 aromatic heterocycles. The van der Waals surface area contributed by atoms with Crippen molar-refractivity contribution in [3.05, 3.63) is 18.4 Å². The van der Waals surface area contributed by atoms with Crippen molar-refractivity contribution < 1.29 is 9.21 Å². The van der Waals surface area contributed by atoms with E-state index >= 15 is 0 Å². The summed E-state index contributed by atoms with van der Waals surface area (Å²) in [4.78, 5) is 12.9. The van der Waals surface area contributed by atoms with Crippen LogP contribution < -0.4 is 5.32 Å². The maximum Gasteiger partial charge on any atom is 0.244 e. The average Bonchev–Trinajstić information content (AvgIpc) is 2.82. The number of carbonyl (C=O) groups excluding carboxylic acids is 1. The van der Waals surface area contributed by atoms with Crippen LogP contribution in [0.25, 0.3) is 11.6 Å². The fourth-order valence-electron chi connectivity index (χ4n) is 1.40. The fourth-order valence-corrected chi connectivity index (χ4v) is 1.40. The van der Waals surface area contributed by atoms with E-state index in [-0.39, 0.29) is 18.0 Å². The first kappa shape index (κ1) is 12.3. The third kappa shape index (κ3) is 3.16. The van der Waals surface area contributed by atoms with Gasteiger partial charge in [-0.3, -0.25) is 4.79 Å². The summed E-state index contributed by atoms with van der Waals surface area (Å²) in [5, 5.41) is 14.5. The Kier molecular flexibility index (Phi) is 3.14. The highest BCUT2D eigenvalue weighted by Crippen LogP contribution is 2.12. The summed E-state index contributed by atoms with van der Waals surface area (Å²) in [5.41, 5.74) is -0.276. The normalized spacial score (nSPS) is 11.5. The number of nitrogens with one attached hydrogen (secondary N) is 1. The summed E-state index contributed by atoms with van der Waals surface area (Å²) in [5.74, 6) is 0.729.